The minimum atomic E-state index is -3.93. The molecule has 4 rings (SSSR count). The molecule has 1 heterocycles. The number of nitrogens with one attached hydrogen (secondary N) is 1. The van der Waals surface area contributed by atoms with Crippen molar-refractivity contribution in [3.63, 3.8) is 0 Å². The van der Waals surface area contributed by atoms with Gasteiger partial charge in [-0.3, -0.25) is 14.3 Å². The van der Waals surface area contributed by atoms with Gasteiger partial charge in [-0.05, 0) is 49.6 Å². The average Bonchev–Trinajstić information content (AvgIpc) is 3.64. The van der Waals surface area contributed by atoms with Crippen LogP contribution in [0.5, 0.6) is 5.75 Å². The Morgan fingerprint density at radius 2 is 1.66 bits per heavy atom. The first kappa shape index (κ1) is 22.1. The SMILES string of the molecule is COc1ccccc1NS(=O)(=O)c1ccc(C)c(C(=O)N2CCN(C(=O)C3CC3)CC2)c1. The summed E-state index contributed by atoms with van der Waals surface area (Å²) in [6.07, 6.45) is 1.92. The molecule has 2 aromatic carbocycles. The number of carbonyl (C=O) groups excluding carboxylic acids is 2. The first-order chi connectivity index (χ1) is 15.3. The minimum Gasteiger partial charge on any atom is -0.495 e. The summed E-state index contributed by atoms with van der Waals surface area (Å²) in [7, 11) is -2.46. The Balaban J connectivity index is 1.51. The van der Waals surface area contributed by atoms with Crippen LogP contribution in [0.2, 0.25) is 0 Å². The lowest BCUT2D eigenvalue weighted by Crippen LogP contribution is -2.51. The zero-order valence-electron chi connectivity index (χ0n) is 18.2. The molecule has 8 nitrogen and oxygen atoms in total. The van der Waals surface area contributed by atoms with Crippen molar-refractivity contribution in [3.05, 3.63) is 53.6 Å². The Hall–Kier alpha value is -3.07. The Morgan fingerprint density at radius 1 is 1.00 bits per heavy atom. The van der Waals surface area contributed by atoms with Crippen molar-refractivity contribution in [2.45, 2.75) is 24.7 Å². The predicted molar refractivity (Wildman–Crippen MR) is 120 cm³/mol. The molecule has 0 atom stereocenters. The summed E-state index contributed by atoms with van der Waals surface area (Å²) in [5.41, 5.74) is 1.36. The maximum Gasteiger partial charge on any atom is 0.262 e. The fourth-order valence-corrected chi connectivity index (χ4v) is 4.92. The van der Waals surface area contributed by atoms with Gasteiger partial charge in [0.15, 0.2) is 0 Å². The lowest BCUT2D eigenvalue weighted by atomic mass is 10.1. The van der Waals surface area contributed by atoms with Crippen LogP contribution >= 0.6 is 0 Å². The number of ether oxygens (including phenoxy) is 1. The molecule has 0 radical (unpaired) electrons. The third kappa shape index (κ3) is 4.57. The molecule has 1 saturated carbocycles. The van der Waals surface area contributed by atoms with Crippen LogP contribution in [0.4, 0.5) is 5.69 Å². The number of aryl methyl sites for hydroxylation is 1. The topological polar surface area (TPSA) is 96.0 Å². The molecule has 0 aromatic heterocycles. The van der Waals surface area contributed by atoms with E-state index in [2.05, 4.69) is 4.72 Å². The maximum atomic E-state index is 13.2. The van der Waals surface area contributed by atoms with Crippen molar-refractivity contribution in [3.8, 4) is 5.75 Å². The number of carbonyl (C=O) groups is 2. The minimum absolute atomic E-state index is 0.0000896. The van der Waals surface area contributed by atoms with E-state index in [-0.39, 0.29) is 22.6 Å². The Morgan fingerprint density at radius 3 is 2.31 bits per heavy atom. The van der Waals surface area contributed by atoms with Gasteiger partial charge >= 0.3 is 0 Å². The highest BCUT2D eigenvalue weighted by atomic mass is 32.2. The van der Waals surface area contributed by atoms with Crippen molar-refractivity contribution >= 4 is 27.5 Å². The van der Waals surface area contributed by atoms with Gasteiger partial charge in [0.2, 0.25) is 5.91 Å². The summed E-state index contributed by atoms with van der Waals surface area (Å²) in [5, 5.41) is 0. The summed E-state index contributed by atoms with van der Waals surface area (Å²) in [4.78, 5) is 28.9. The van der Waals surface area contributed by atoms with Crippen LogP contribution in [-0.4, -0.2) is 63.3 Å². The van der Waals surface area contributed by atoms with Crippen LogP contribution in [0.15, 0.2) is 47.4 Å². The number of piperazine rings is 1. The normalized spacial score (nSPS) is 16.6. The van der Waals surface area contributed by atoms with E-state index < -0.39 is 10.0 Å². The fourth-order valence-electron chi connectivity index (χ4n) is 3.82. The van der Waals surface area contributed by atoms with Gasteiger partial charge in [-0.2, -0.15) is 0 Å². The third-order valence-electron chi connectivity index (χ3n) is 5.91. The van der Waals surface area contributed by atoms with Crippen LogP contribution in [0.25, 0.3) is 0 Å². The van der Waals surface area contributed by atoms with Gasteiger partial charge in [-0.15, -0.1) is 0 Å². The first-order valence-corrected chi connectivity index (χ1v) is 12.1. The number of anilines is 1. The molecule has 1 aliphatic carbocycles. The van der Waals surface area contributed by atoms with E-state index in [1.165, 1.54) is 19.2 Å². The lowest BCUT2D eigenvalue weighted by Gasteiger charge is -2.35. The molecule has 32 heavy (non-hydrogen) atoms. The number of nitrogens with zero attached hydrogens (tertiary/aromatic N) is 2. The molecule has 1 saturated heterocycles. The van der Waals surface area contributed by atoms with Crippen LogP contribution in [-0.2, 0) is 14.8 Å². The first-order valence-electron chi connectivity index (χ1n) is 10.6. The van der Waals surface area contributed by atoms with Crippen molar-refractivity contribution in [1.82, 2.24) is 9.80 Å². The number of methoxy groups -OCH3 is 1. The number of benzene rings is 2. The van der Waals surface area contributed by atoms with E-state index in [0.717, 1.165) is 12.8 Å². The quantitative estimate of drug-likeness (QED) is 0.719. The van der Waals surface area contributed by atoms with E-state index in [0.29, 0.717) is 48.7 Å². The number of rotatable bonds is 6. The van der Waals surface area contributed by atoms with Crippen LogP contribution in [0.1, 0.15) is 28.8 Å². The molecule has 2 amide bonds. The summed E-state index contributed by atoms with van der Waals surface area (Å²) in [5.74, 6) is 0.523. The van der Waals surface area contributed by atoms with E-state index in [1.807, 2.05) is 4.90 Å². The molecule has 1 aliphatic heterocycles. The molecular formula is C23H27N3O5S. The van der Waals surface area contributed by atoms with Crippen molar-refractivity contribution in [2.24, 2.45) is 5.92 Å². The molecule has 0 bridgehead atoms. The van der Waals surface area contributed by atoms with Crippen molar-refractivity contribution < 1.29 is 22.7 Å². The maximum absolute atomic E-state index is 13.2. The molecule has 0 unspecified atom stereocenters. The van der Waals surface area contributed by atoms with E-state index in [4.69, 9.17) is 4.74 Å². The number of hydrogen-bond donors (Lipinski definition) is 1. The Kier molecular flexibility index (Phi) is 6.10. The van der Waals surface area contributed by atoms with E-state index in [9.17, 15) is 18.0 Å². The highest BCUT2D eigenvalue weighted by Crippen LogP contribution is 2.31. The molecule has 2 fully saturated rings. The Bertz CT molecular complexity index is 1140. The summed E-state index contributed by atoms with van der Waals surface area (Å²) >= 11 is 0. The van der Waals surface area contributed by atoms with Gasteiger partial charge in [-0.1, -0.05) is 18.2 Å². The molecule has 9 heteroatoms. The largest absolute Gasteiger partial charge is 0.495 e. The number of sulfonamides is 1. The highest BCUT2D eigenvalue weighted by Gasteiger charge is 2.35. The molecule has 2 aromatic rings. The second kappa shape index (κ2) is 8.82. The zero-order chi connectivity index (χ0) is 22.9. The van der Waals surface area contributed by atoms with Crippen LogP contribution in [0, 0.1) is 12.8 Å². The highest BCUT2D eigenvalue weighted by molar-refractivity contribution is 7.92. The summed E-state index contributed by atoms with van der Waals surface area (Å²) < 4.78 is 33.7. The predicted octanol–water partition coefficient (Wildman–Crippen LogP) is 2.50. The summed E-state index contributed by atoms with van der Waals surface area (Å²) in [6.45, 7) is 3.67. The number of hydrogen-bond acceptors (Lipinski definition) is 5. The Labute approximate surface area is 188 Å². The molecular weight excluding hydrogens is 430 g/mol. The van der Waals surface area contributed by atoms with Gasteiger partial charge in [0.1, 0.15) is 5.75 Å². The van der Waals surface area contributed by atoms with Crippen molar-refractivity contribution in [2.75, 3.05) is 38.0 Å². The molecule has 1 N–H and O–H groups in total. The lowest BCUT2D eigenvalue weighted by molar-refractivity contribution is -0.134. The zero-order valence-corrected chi connectivity index (χ0v) is 19.0. The second-order valence-electron chi connectivity index (χ2n) is 8.17. The number of para-hydroxylation sites is 2. The van der Waals surface area contributed by atoms with Gasteiger partial charge in [0.05, 0.1) is 17.7 Å². The van der Waals surface area contributed by atoms with Gasteiger partial charge in [0.25, 0.3) is 15.9 Å². The van der Waals surface area contributed by atoms with Crippen LogP contribution < -0.4 is 9.46 Å². The second-order valence-corrected chi connectivity index (χ2v) is 9.86. The molecule has 0 spiro atoms. The van der Waals surface area contributed by atoms with Gasteiger partial charge in [0, 0.05) is 37.7 Å². The van der Waals surface area contributed by atoms with Crippen LogP contribution in [0.3, 0.4) is 0 Å². The molecule has 170 valence electrons. The third-order valence-corrected chi connectivity index (χ3v) is 7.27. The molecule has 2 aliphatic rings. The standard InChI is InChI=1S/C23H27N3O5S/c1-16-7-10-18(32(29,30)24-20-5-3-4-6-21(20)31-2)15-19(16)23(28)26-13-11-25(12-14-26)22(27)17-8-9-17/h3-7,10,15,17,24H,8-9,11-14H2,1-2H3. The van der Waals surface area contributed by atoms with E-state index in [1.54, 1.807) is 42.2 Å². The summed E-state index contributed by atoms with van der Waals surface area (Å²) in [6, 6.07) is 11.3. The monoisotopic (exact) mass is 457 g/mol. The fraction of sp³-hybridized carbons (Fsp3) is 0.391. The van der Waals surface area contributed by atoms with Gasteiger partial charge < -0.3 is 14.5 Å². The number of amides is 2. The average molecular weight is 458 g/mol. The van der Waals surface area contributed by atoms with Gasteiger partial charge in [-0.25, -0.2) is 8.42 Å². The van der Waals surface area contributed by atoms with E-state index >= 15 is 0 Å². The van der Waals surface area contributed by atoms with Crippen molar-refractivity contribution in [1.29, 1.82) is 0 Å². The smallest absolute Gasteiger partial charge is 0.262 e.